The Morgan fingerprint density at radius 1 is 1.00 bits per heavy atom. The molecule has 0 saturated carbocycles. The number of carbonyl (C=O) groups is 2. The van der Waals surface area contributed by atoms with Crippen molar-refractivity contribution in [3.05, 3.63) is 65.7 Å². The summed E-state index contributed by atoms with van der Waals surface area (Å²) in [5.41, 5.74) is 1.72. The molecular weight excluding hydrogens is 416 g/mol. The molecule has 1 atom stereocenters. The van der Waals surface area contributed by atoms with Gasteiger partial charge in [0.25, 0.3) is 0 Å². The van der Waals surface area contributed by atoms with Crippen molar-refractivity contribution in [2.75, 3.05) is 13.7 Å². The van der Waals surface area contributed by atoms with Crippen molar-refractivity contribution in [2.24, 2.45) is 0 Å². The predicted octanol–water partition coefficient (Wildman–Crippen LogP) is 3.07. The van der Waals surface area contributed by atoms with E-state index in [0.29, 0.717) is 0 Å². The van der Waals surface area contributed by atoms with Gasteiger partial charge in [0, 0.05) is 13.0 Å². The standard InChI is InChI=1S/C23H30N2O5S/c1-23(2,3)18-10-12-19(13-11-18)31(28,29)24-15-14-21(26)25-20(16-22(27)30-4)17-8-6-5-7-9-17/h5-13,20,24H,14-16H2,1-4H3,(H,25,26). The molecule has 0 saturated heterocycles. The van der Waals surface area contributed by atoms with E-state index in [1.165, 1.54) is 7.11 Å². The predicted molar refractivity (Wildman–Crippen MR) is 119 cm³/mol. The van der Waals surface area contributed by atoms with Crippen molar-refractivity contribution in [2.45, 2.75) is 50.0 Å². The molecule has 8 heteroatoms. The second-order valence-electron chi connectivity index (χ2n) is 8.23. The van der Waals surface area contributed by atoms with Gasteiger partial charge in [0.05, 0.1) is 24.5 Å². The fourth-order valence-corrected chi connectivity index (χ4v) is 4.00. The Bertz CT molecular complexity index is 981. The van der Waals surface area contributed by atoms with Gasteiger partial charge < -0.3 is 10.1 Å². The van der Waals surface area contributed by atoms with E-state index in [-0.39, 0.29) is 35.6 Å². The lowest BCUT2D eigenvalue weighted by Gasteiger charge is -2.19. The van der Waals surface area contributed by atoms with Gasteiger partial charge in [0.1, 0.15) is 0 Å². The molecule has 7 nitrogen and oxygen atoms in total. The number of rotatable bonds is 9. The molecule has 0 fully saturated rings. The maximum absolute atomic E-state index is 12.5. The first-order valence-electron chi connectivity index (χ1n) is 10.0. The van der Waals surface area contributed by atoms with E-state index < -0.39 is 22.0 Å². The lowest BCUT2D eigenvalue weighted by molar-refractivity contribution is -0.141. The molecule has 0 aliphatic rings. The van der Waals surface area contributed by atoms with Crippen LogP contribution in [-0.2, 0) is 29.8 Å². The summed E-state index contributed by atoms with van der Waals surface area (Å²) in [4.78, 5) is 24.2. The summed E-state index contributed by atoms with van der Waals surface area (Å²) in [6, 6.07) is 15.2. The monoisotopic (exact) mass is 446 g/mol. The van der Waals surface area contributed by atoms with Crippen LogP contribution in [0.15, 0.2) is 59.5 Å². The maximum Gasteiger partial charge on any atom is 0.307 e. The van der Waals surface area contributed by atoms with Gasteiger partial charge in [-0.3, -0.25) is 9.59 Å². The van der Waals surface area contributed by atoms with Crippen LogP contribution in [0.1, 0.15) is 50.8 Å². The van der Waals surface area contributed by atoms with Crippen molar-refractivity contribution in [1.29, 1.82) is 0 Å². The quantitative estimate of drug-likeness (QED) is 0.577. The van der Waals surface area contributed by atoms with E-state index in [1.54, 1.807) is 36.4 Å². The number of amides is 1. The van der Waals surface area contributed by atoms with Gasteiger partial charge in [-0.05, 0) is 28.7 Å². The van der Waals surface area contributed by atoms with Crippen LogP contribution in [0.2, 0.25) is 0 Å². The van der Waals surface area contributed by atoms with Crippen LogP contribution in [0.4, 0.5) is 0 Å². The molecule has 0 aromatic heterocycles. The molecule has 31 heavy (non-hydrogen) atoms. The minimum Gasteiger partial charge on any atom is -0.469 e. The van der Waals surface area contributed by atoms with E-state index in [0.717, 1.165) is 11.1 Å². The summed E-state index contributed by atoms with van der Waals surface area (Å²) < 4.78 is 32.2. The Kier molecular flexibility index (Phi) is 8.36. The first-order valence-corrected chi connectivity index (χ1v) is 11.5. The van der Waals surface area contributed by atoms with Gasteiger partial charge >= 0.3 is 5.97 Å². The lowest BCUT2D eigenvalue weighted by Crippen LogP contribution is -2.34. The molecule has 0 radical (unpaired) electrons. The average molecular weight is 447 g/mol. The van der Waals surface area contributed by atoms with Crippen molar-refractivity contribution in [1.82, 2.24) is 10.0 Å². The zero-order valence-electron chi connectivity index (χ0n) is 18.3. The Morgan fingerprint density at radius 2 is 1.61 bits per heavy atom. The number of carbonyl (C=O) groups excluding carboxylic acids is 2. The van der Waals surface area contributed by atoms with Gasteiger partial charge in [-0.25, -0.2) is 13.1 Å². The fraction of sp³-hybridized carbons (Fsp3) is 0.391. The minimum absolute atomic E-state index is 0.0158. The van der Waals surface area contributed by atoms with Gasteiger partial charge in [0.2, 0.25) is 15.9 Å². The van der Waals surface area contributed by atoms with E-state index >= 15 is 0 Å². The van der Waals surface area contributed by atoms with Crippen molar-refractivity contribution in [3.8, 4) is 0 Å². The lowest BCUT2D eigenvalue weighted by atomic mass is 9.87. The molecule has 0 spiro atoms. The second-order valence-corrected chi connectivity index (χ2v) is 10.0. The first-order chi connectivity index (χ1) is 14.5. The number of hydrogen-bond donors (Lipinski definition) is 2. The highest BCUT2D eigenvalue weighted by atomic mass is 32.2. The largest absolute Gasteiger partial charge is 0.469 e. The summed E-state index contributed by atoms with van der Waals surface area (Å²) in [6.45, 7) is 6.09. The Balaban J connectivity index is 1.95. The summed E-state index contributed by atoms with van der Waals surface area (Å²) >= 11 is 0. The minimum atomic E-state index is -3.73. The topological polar surface area (TPSA) is 102 Å². The number of nitrogens with one attached hydrogen (secondary N) is 2. The third kappa shape index (κ3) is 7.48. The summed E-state index contributed by atoms with van der Waals surface area (Å²) in [5, 5.41) is 2.77. The third-order valence-electron chi connectivity index (χ3n) is 4.81. The summed E-state index contributed by atoms with van der Waals surface area (Å²) in [6.07, 6.45) is -0.0814. The Morgan fingerprint density at radius 3 is 2.16 bits per heavy atom. The molecule has 2 aromatic rings. The molecule has 1 unspecified atom stereocenters. The molecule has 0 heterocycles. The van der Waals surface area contributed by atoms with Crippen molar-refractivity contribution >= 4 is 21.9 Å². The molecule has 2 N–H and O–H groups in total. The highest BCUT2D eigenvalue weighted by Gasteiger charge is 2.20. The summed E-state index contributed by atoms with van der Waals surface area (Å²) in [7, 11) is -2.44. The first kappa shape index (κ1) is 24.6. The van der Waals surface area contributed by atoms with E-state index in [1.807, 2.05) is 18.2 Å². The molecule has 0 bridgehead atoms. The van der Waals surface area contributed by atoms with Gasteiger partial charge in [0.15, 0.2) is 0 Å². The van der Waals surface area contributed by atoms with Gasteiger partial charge in [-0.1, -0.05) is 63.2 Å². The average Bonchev–Trinajstić information content (AvgIpc) is 2.73. The number of hydrogen-bond acceptors (Lipinski definition) is 5. The SMILES string of the molecule is COC(=O)CC(NC(=O)CCNS(=O)(=O)c1ccc(C(C)(C)C)cc1)c1ccccc1. The van der Waals surface area contributed by atoms with E-state index in [4.69, 9.17) is 4.74 Å². The second kappa shape index (κ2) is 10.5. The number of methoxy groups -OCH3 is 1. The number of esters is 1. The zero-order chi connectivity index (χ0) is 23.1. The van der Waals surface area contributed by atoms with Crippen LogP contribution in [0.25, 0.3) is 0 Å². The molecular formula is C23H30N2O5S. The molecule has 2 rings (SSSR count). The fourth-order valence-electron chi connectivity index (χ4n) is 2.97. The van der Waals surface area contributed by atoms with Crippen LogP contribution in [0.3, 0.4) is 0 Å². The Hall–Kier alpha value is -2.71. The zero-order valence-corrected chi connectivity index (χ0v) is 19.2. The number of ether oxygens (including phenoxy) is 1. The van der Waals surface area contributed by atoms with Crippen molar-refractivity contribution in [3.63, 3.8) is 0 Å². The normalized spacial score (nSPS) is 12.8. The molecule has 0 aliphatic heterocycles. The molecule has 168 valence electrons. The van der Waals surface area contributed by atoms with Crippen LogP contribution < -0.4 is 10.0 Å². The van der Waals surface area contributed by atoms with E-state index in [2.05, 4.69) is 30.8 Å². The number of sulfonamides is 1. The van der Waals surface area contributed by atoms with Gasteiger partial charge in [-0.15, -0.1) is 0 Å². The maximum atomic E-state index is 12.5. The molecule has 1 amide bonds. The third-order valence-corrected chi connectivity index (χ3v) is 6.29. The van der Waals surface area contributed by atoms with Crippen LogP contribution >= 0.6 is 0 Å². The van der Waals surface area contributed by atoms with Crippen molar-refractivity contribution < 1.29 is 22.7 Å². The summed E-state index contributed by atoms with van der Waals surface area (Å²) in [5.74, 6) is -0.822. The van der Waals surface area contributed by atoms with E-state index in [9.17, 15) is 18.0 Å². The Labute approximate surface area is 184 Å². The van der Waals surface area contributed by atoms with Crippen LogP contribution in [0, 0.1) is 0 Å². The molecule has 2 aromatic carbocycles. The van der Waals surface area contributed by atoms with Gasteiger partial charge in [-0.2, -0.15) is 0 Å². The molecule has 0 aliphatic carbocycles. The highest BCUT2D eigenvalue weighted by molar-refractivity contribution is 7.89. The smallest absolute Gasteiger partial charge is 0.307 e. The van der Waals surface area contributed by atoms with Crippen LogP contribution in [-0.4, -0.2) is 33.9 Å². The van der Waals surface area contributed by atoms with Crippen LogP contribution in [0.5, 0.6) is 0 Å². The number of benzene rings is 2. The highest BCUT2D eigenvalue weighted by Crippen LogP contribution is 2.23.